The third-order valence-electron chi connectivity index (χ3n) is 7.24. The lowest BCUT2D eigenvalue weighted by Gasteiger charge is -2.41. The quantitative estimate of drug-likeness (QED) is 0.497. The predicted octanol–water partition coefficient (Wildman–Crippen LogP) is 3.64. The molecule has 5 rings (SSSR count). The monoisotopic (exact) mass is 532 g/mol. The molecule has 0 unspecified atom stereocenters. The molecule has 2 fully saturated rings. The summed E-state index contributed by atoms with van der Waals surface area (Å²) in [6.45, 7) is 2.53. The Bertz CT molecular complexity index is 1390. The van der Waals surface area contributed by atoms with E-state index in [1.54, 1.807) is 25.3 Å². The van der Waals surface area contributed by atoms with Crippen molar-refractivity contribution in [3.05, 3.63) is 71.7 Å². The lowest BCUT2D eigenvalue weighted by molar-refractivity contribution is 0.243. The molecule has 0 bridgehead atoms. The molecule has 196 valence electrons. The molecule has 0 amide bonds. The van der Waals surface area contributed by atoms with E-state index in [2.05, 4.69) is 20.3 Å². The summed E-state index contributed by atoms with van der Waals surface area (Å²) in [5.41, 5.74) is 0.336. The zero-order valence-corrected chi connectivity index (χ0v) is 21.1. The SMILES string of the molecule is Cc1cc(NCC2(c3ncccc3F)CCC2)ncc1S(=O)(=O)N1CCN(c2c(F)cncc2F)CC1. The van der Waals surface area contributed by atoms with Crippen LogP contribution in [0.25, 0.3) is 0 Å². The second kappa shape index (κ2) is 9.90. The second-order valence-electron chi connectivity index (χ2n) is 9.50. The van der Waals surface area contributed by atoms with E-state index in [0.29, 0.717) is 23.6 Å². The third-order valence-corrected chi connectivity index (χ3v) is 9.27. The van der Waals surface area contributed by atoms with Crippen molar-refractivity contribution in [2.45, 2.75) is 36.5 Å². The van der Waals surface area contributed by atoms with Gasteiger partial charge in [-0.1, -0.05) is 6.42 Å². The Labute approximate surface area is 213 Å². The standard InChI is InChI=1S/C25H27F3N6O2S/c1-17-12-22(32-16-25(5-3-6-25)24-18(26)4-2-7-30-24)31-15-21(17)37(35,36)34-10-8-33(9-11-34)23-19(27)13-29-14-20(23)28/h2,4,7,12-15H,3,5-6,8-11,16H2,1H3,(H,31,32). The van der Waals surface area contributed by atoms with Crippen LogP contribution in [0.4, 0.5) is 24.7 Å². The molecule has 4 heterocycles. The zero-order valence-electron chi connectivity index (χ0n) is 20.3. The van der Waals surface area contributed by atoms with Crippen LogP contribution in [0.15, 0.2) is 47.9 Å². The highest BCUT2D eigenvalue weighted by Gasteiger charge is 2.42. The lowest BCUT2D eigenvalue weighted by Crippen LogP contribution is -2.49. The first kappa shape index (κ1) is 25.4. The maximum absolute atomic E-state index is 14.4. The minimum absolute atomic E-state index is 0.0706. The van der Waals surface area contributed by atoms with Crippen molar-refractivity contribution in [1.29, 1.82) is 0 Å². The maximum Gasteiger partial charge on any atom is 0.244 e. The van der Waals surface area contributed by atoms with Gasteiger partial charge in [0.15, 0.2) is 11.6 Å². The molecule has 3 aromatic heterocycles. The summed E-state index contributed by atoms with van der Waals surface area (Å²) >= 11 is 0. The smallest absolute Gasteiger partial charge is 0.244 e. The van der Waals surface area contributed by atoms with Gasteiger partial charge in [0.05, 0.1) is 18.1 Å². The number of aryl methyl sites for hydroxylation is 1. The van der Waals surface area contributed by atoms with E-state index in [0.717, 1.165) is 31.7 Å². The molecule has 8 nitrogen and oxygen atoms in total. The van der Waals surface area contributed by atoms with Gasteiger partial charge in [0.2, 0.25) is 10.0 Å². The number of hydrogen-bond donors (Lipinski definition) is 1. The van der Waals surface area contributed by atoms with E-state index in [1.807, 2.05) is 0 Å². The number of nitrogens with one attached hydrogen (secondary N) is 1. The van der Waals surface area contributed by atoms with Crippen LogP contribution in [0.3, 0.4) is 0 Å². The number of sulfonamides is 1. The summed E-state index contributed by atoms with van der Waals surface area (Å²) in [6, 6.07) is 4.64. The highest BCUT2D eigenvalue weighted by Crippen LogP contribution is 2.43. The van der Waals surface area contributed by atoms with E-state index >= 15 is 0 Å². The first-order valence-corrected chi connectivity index (χ1v) is 13.5. The normalized spacial score (nSPS) is 17.9. The number of nitrogens with zero attached hydrogens (tertiary/aromatic N) is 5. The maximum atomic E-state index is 14.4. The molecule has 12 heteroatoms. The molecule has 37 heavy (non-hydrogen) atoms. The first-order chi connectivity index (χ1) is 17.7. The van der Waals surface area contributed by atoms with Crippen molar-refractivity contribution in [2.75, 3.05) is 42.9 Å². The van der Waals surface area contributed by atoms with Crippen molar-refractivity contribution in [1.82, 2.24) is 19.3 Å². The summed E-state index contributed by atoms with van der Waals surface area (Å²) in [6.07, 6.45) is 7.37. The molecule has 1 N–H and O–H groups in total. The van der Waals surface area contributed by atoms with Gasteiger partial charge in [-0.3, -0.25) is 9.97 Å². The Balaban J connectivity index is 1.27. The van der Waals surface area contributed by atoms with Crippen LogP contribution in [0.5, 0.6) is 0 Å². The van der Waals surface area contributed by atoms with Crippen molar-refractivity contribution >= 4 is 21.5 Å². The van der Waals surface area contributed by atoms with Crippen LogP contribution in [0.1, 0.15) is 30.5 Å². The van der Waals surface area contributed by atoms with Gasteiger partial charge in [0, 0.05) is 50.5 Å². The predicted molar refractivity (Wildman–Crippen MR) is 132 cm³/mol. The van der Waals surface area contributed by atoms with Crippen molar-refractivity contribution < 1.29 is 21.6 Å². The number of hydrogen-bond acceptors (Lipinski definition) is 7. The van der Waals surface area contributed by atoms with E-state index in [4.69, 9.17) is 0 Å². The summed E-state index contributed by atoms with van der Waals surface area (Å²) in [5, 5.41) is 3.24. The number of pyridine rings is 3. The highest BCUT2D eigenvalue weighted by atomic mass is 32.2. The number of rotatable bonds is 7. The van der Waals surface area contributed by atoms with Crippen LogP contribution in [0.2, 0.25) is 0 Å². The largest absolute Gasteiger partial charge is 0.369 e. The molecule has 0 atom stereocenters. The van der Waals surface area contributed by atoms with Gasteiger partial charge in [-0.2, -0.15) is 4.31 Å². The zero-order chi connectivity index (χ0) is 26.2. The van der Waals surface area contributed by atoms with E-state index in [1.165, 1.54) is 21.5 Å². The highest BCUT2D eigenvalue weighted by molar-refractivity contribution is 7.89. The molecular formula is C25H27F3N6O2S. The number of aromatic nitrogens is 3. The summed E-state index contributed by atoms with van der Waals surface area (Å²) in [7, 11) is -3.86. The van der Waals surface area contributed by atoms with Crippen molar-refractivity contribution in [3.8, 4) is 0 Å². The lowest BCUT2D eigenvalue weighted by atomic mass is 9.66. The average Bonchev–Trinajstić information content (AvgIpc) is 2.84. The molecule has 3 aromatic rings. The van der Waals surface area contributed by atoms with Crippen molar-refractivity contribution in [2.24, 2.45) is 0 Å². The first-order valence-electron chi connectivity index (χ1n) is 12.1. The van der Waals surface area contributed by atoms with Gasteiger partial charge in [0.25, 0.3) is 0 Å². The van der Waals surface area contributed by atoms with E-state index in [9.17, 15) is 21.6 Å². The average molecular weight is 533 g/mol. The summed E-state index contributed by atoms with van der Waals surface area (Å²) in [4.78, 5) is 13.6. The molecule has 1 aliphatic heterocycles. The molecule has 0 radical (unpaired) electrons. The van der Waals surface area contributed by atoms with Gasteiger partial charge < -0.3 is 10.2 Å². The Hall–Kier alpha value is -3.25. The second-order valence-corrected chi connectivity index (χ2v) is 11.4. The molecule has 1 saturated heterocycles. The van der Waals surface area contributed by atoms with Gasteiger partial charge in [0.1, 0.15) is 22.2 Å². The molecular weight excluding hydrogens is 505 g/mol. The van der Waals surface area contributed by atoms with Crippen LogP contribution in [0, 0.1) is 24.4 Å². The fourth-order valence-electron chi connectivity index (χ4n) is 5.04. The van der Waals surface area contributed by atoms with Gasteiger partial charge in [-0.25, -0.2) is 26.6 Å². The Morgan fingerprint density at radius 3 is 2.30 bits per heavy atom. The van der Waals surface area contributed by atoms with Crippen LogP contribution in [-0.4, -0.2) is 60.4 Å². The molecule has 2 aliphatic rings. The molecule has 1 saturated carbocycles. The van der Waals surface area contributed by atoms with E-state index in [-0.39, 0.29) is 42.6 Å². The fourth-order valence-corrected chi connectivity index (χ4v) is 6.62. The molecule has 0 spiro atoms. The number of halogens is 3. The Morgan fingerprint density at radius 2 is 1.70 bits per heavy atom. The minimum atomic E-state index is -3.86. The van der Waals surface area contributed by atoms with Crippen molar-refractivity contribution in [3.63, 3.8) is 0 Å². The van der Waals surface area contributed by atoms with Crippen LogP contribution >= 0.6 is 0 Å². The fraction of sp³-hybridized carbons (Fsp3) is 0.400. The van der Waals surface area contributed by atoms with E-state index < -0.39 is 27.1 Å². The third kappa shape index (κ3) is 4.75. The van der Waals surface area contributed by atoms with Crippen LogP contribution < -0.4 is 10.2 Å². The summed E-state index contributed by atoms with van der Waals surface area (Å²) < 4.78 is 70.5. The minimum Gasteiger partial charge on any atom is -0.369 e. The number of piperazine rings is 1. The van der Waals surface area contributed by atoms with Gasteiger partial charge >= 0.3 is 0 Å². The number of anilines is 2. The molecule has 0 aromatic carbocycles. The molecule has 1 aliphatic carbocycles. The Kier molecular flexibility index (Phi) is 6.80. The summed E-state index contributed by atoms with van der Waals surface area (Å²) in [5.74, 6) is -1.40. The Morgan fingerprint density at radius 1 is 1.00 bits per heavy atom. The van der Waals surface area contributed by atoms with Crippen LogP contribution in [-0.2, 0) is 15.4 Å². The van der Waals surface area contributed by atoms with Gasteiger partial charge in [-0.15, -0.1) is 0 Å². The van der Waals surface area contributed by atoms with Gasteiger partial charge in [-0.05, 0) is 43.5 Å². The topological polar surface area (TPSA) is 91.3 Å².